The molecule has 4 rings (SSSR count). The van der Waals surface area contributed by atoms with Crippen molar-refractivity contribution in [2.24, 2.45) is 0 Å². The number of methoxy groups -OCH3 is 1. The van der Waals surface area contributed by atoms with Crippen molar-refractivity contribution in [3.8, 4) is 5.75 Å². The minimum Gasteiger partial charge on any atom is -0.496 e. The normalized spacial score (nSPS) is 14.9. The van der Waals surface area contributed by atoms with Gasteiger partial charge in [0.25, 0.3) is 0 Å². The van der Waals surface area contributed by atoms with E-state index in [1.54, 1.807) is 18.4 Å². The number of piperidine rings is 1. The highest BCUT2D eigenvalue weighted by molar-refractivity contribution is 7.15. The molecule has 3 aromatic rings. The Labute approximate surface area is 173 Å². The average Bonchev–Trinajstić information content (AvgIpc) is 3.30. The van der Waals surface area contributed by atoms with Crippen LogP contribution in [0.2, 0.25) is 0 Å². The molecule has 1 fully saturated rings. The number of para-hydroxylation sites is 1. The van der Waals surface area contributed by atoms with E-state index >= 15 is 0 Å². The number of carbonyl (C=O) groups is 2. The molecule has 0 atom stereocenters. The summed E-state index contributed by atoms with van der Waals surface area (Å²) in [6.45, 7) is 1.30. The Morgan fingerprint density at radius 3 is 2.79 bits per heavy atom. The quantitative estimate of drug-likeness (QED) is 0.674. The minimum absolute atomic E-state index is 0.0189. The fraction of sp³-hybridized carbons (Fsp3) is 0.381. The lowest BCUT2D eigenvalue weighted by molar-refractivity contribution is -0.131. The Morgan fingerprint density at radius 2 is 2.03 bits per heavy atom. The average molecular weight is 413 g/mol. The van der Waals surface area contributed by atoms with Gasteiger partial charge in [0.15, 0.2) is 4.96 Å². The summed E-state index contributed by atoms with van der Waals surface area (Å²) in [7, 11) is 1.62. The molecule has 1 aromatic carbocycles. The van der Waals surface area contributed by atoms with Crippen LogP contribution in [0.3, 0.4) is 0 Å². The molecule has 2 aromatic heterocycles. The van der Waals surface area contributed by atoms with E-state index in [1.807, 2.05) is 51.3 Å². The number of likely N-dealkylation sites (tertiary alicyclic amines) is 1. The maximum absolute atomic E-state index is 12.6. The molecule has 8 heteroatoms. The lowest BCUT2D eigenvalue weighted by Gasteiger charge is -2.32. The Balaban J connectivity index is 1.25. The molecular formula is C21H24N4O3S. The van der Waals surface area contributed by atoms with Gasteiger partial charge >= 0.3 is 0 Å². The number of hydrogen-bond acceptors (Lipinski definition) is 5. The predicted molar refractivity (Wildman–Crippen MR) is 111 cm³/mol. The largest absolute Gasteiger partial charge is 0.496 e. The Morgan fingerprint density at radius 1 is 1.24 bits per heavy atom. The lowest BCUT2D eigenvalue weighted by atomic mass is 10.0. The Hall–Kier alpha value is -2.87. The van der Waals surface area contributed by atoms with Gasteiger partial charge in [-0.3, -0.25) is 14.0 Å². The number of hydrogen-bond donors (Lipinski definition) is 1. The highest BCUT2D eigenvalue weighted by Gasteiger charge is 2.24. The van der Waals surface area contributed by atoms with E-state index in [-0.39, 0.29) is 24.3 Å². The van der Waals surface area contributed by atoms with Crippen molar-refractivity contribution in [3.63, 3.8) is 0 Å². The number of carbonyl (C=O) groups excluding carboxylic acids is 2. The molecular weight excluding hydrogens is 388 g/mol. The van der Waals surface area contributed by atoms with Gasteiger partial charge in [-0.2, -0.15) is 0 Å². The van der Waals surface area contributed by atoms with Gasteiger partial charge < -0.3 is 15.0 Å². The highest BCUT2D eigenvalue weighted by Crippen LogP contribution is 2.20. The van der Waals surface area contributed by atoms with E-state index in [0.717, 1.165) is 34.8 Å². The molecule has 3 heterocycles. The molecule has 1 aliphatic heterocycles. The van der Waals surface area contributed by atoms with Crippen molar-refractivity contribution in [1.29, 1.82) is 0 Å². The zero-order valence-electron chi connectivity index (χ0n) is 16.3. The van der Waals surface area contributed by atoms with Gasteiger partial charge in [0.05, 0.1) is 25.6 Å². The monoisotopic (exact) mass is 412 g/mol. The third-order valence-electron chi connectivity index (χ3n) is 5.23. The summed E-state index contributed by atoms with van der Waals surface area (Å²) in [4.78, 5) is 32.2. The molecule has 0 saturated carbocycles. The van der Waals surface area contributed by atoms with Crippen LogP contribution < -0.4 is 10.1 Å². The predicted octanol–water partition coefficient (Wildman–Crippen LogP) is 2.30. The number of ether oxygens (including phenoxy) is 1. The first-order chi connectivity index (χ1) is 14.1. The summed E-state index contributed by atoms with van der Waals surface area (Å²) in [5.74, 6) is 0.814. The number of nitrogens with one attached hydrogen (secondary N) is 1. The van der Waals surface area contributed by atoms with Crippen molar-refractivity contribution in [1.82, 2.24) is 19.6 Å². The second kappa shape index (κ2) is 8.65. The molecule has 29 heavy (non-hydrogen) atoms. The van der Waals surface area contributed by atoms with Crippen LogP contribution in [0.4, 0.5) is 0 Å². The number of rotatable bonds is 6. The van der Waals surface area contributed by atoms with E-state index in [9.17, 15) is 9.59 Å². The molecule has 0 bridgehead atoms. The standard InChI is InChI=1S/C21H24N4O3S/c1-28-18-5-3-2-4-15(18)12-20(27)24-8-6-16(7-9-24)22-19(26)13-17-14-25-10-11-29-21(25)23-17/h2-5,10-11,14,16H,6-9,12-13H2,1H3,(H,22,26). The molecule has 1 aliphatic rings. The van der Waals surface area contributed by atoms with Crippen LogP contribution in [0.15, 0.2) is 42.0 Å². The van der Waals surface area contributed by atoms with Gasteiger partial charge in [-0.1, -0.05) is 18.2 Å². The molecule has 0 unspecified atom stereocenters. The van der Waals surface area contributed by atoms with Gasteiger partial charge in [0.1, 0.15) is 5.75 Å². The number of amides is 2. The summed E-state index contributed by atoms with van der Waals surface area (Å²) in [6.07, 6.45) is 5.97. The van der Waals surface area contributed by atoms with Crippen LogP contribution >= 0.6 is 11.3 Å². The van der Waals surface area contributed by atoms with Crippen LogP contribution in [0.5, 0.6) is 5.75 Å². The summed E-state index contributed by atoms with van der Waals surface area (Å²) in [6, 6.07) is 7.70. The number of imidazole rings is 1. The first-order valence-electron chi connectivity index (χ1n) is 9.72. The van der Waals surface area contributed by atoms with Crippen molar-refractivity contribution < 1.29 is 14.3 Å². The summed E-state index contributed by atoms with van der Waals surface area (Å²) in [5.41, 5.74) is 1.68. The topological polar surface area (TPSA) is 75.9 Å². The number of nitrogens with zero attached hydrogens (tertiary/aromatic N) is 3. The lowest BCUT2D eigenvalue weighted by Crippen LogP contribution is -2.47. The molecule has 7 nitrogen and oxygen atoms in total. The number of benzene rings is 1. The summed E-state index contributed by atoms with van der Waals surface area (Å²) in [5, 5.41) is 5.06. The fourth-order valence-electron chi connectivity index (χ4n) is 3.70. The van der Waals surface area contributed by atoms with Crippen molar-refractivity contribution in [3.05, 3.63) is 53.3 Å². The van der Waals surface area contributed by atoms with Gasteiger partial charge in [-0.15, -0.1) is 11.3 Å². The van der Waals surface area contributed by atoms with E-state index in [1.165, 1.54) is 0 Å². The van der Waals surface area contributed by atoms with Crippen molar-refractivity contribution in [2.75, 3.05) is 20.2 Å². The molecule has 152 valence electrons. The Bertz CT molecular complexity index is 976. The summed E-state index contributed by atoms with van der Waals surface area (Å²) >= 11 is 1.55. The SMILES string of the molecule is COc1ccccc1CC(=O)N1CCC(NC(=O)Cc2cn3ccsc3n2)CC1. The van der Waals surface area contributed by atoms with Crippen LogP contribution in [0.1, 0.15) is 24.1 Å². The van der Waals surface area contributed by atoms with Gasteiger partial charge in [-0.25, -0.2) is 4.98 Å². The highest BCUT2D eigenvalue weighted by atomic mass is 32.1. The van der Waals surface area contributed by atoms with Crippen molar-refractivity contribution >= 4 is 28.1 Å². The van der Waals surface area contributed by atoms with Crippen LogP contribution in [0.25, 0.3) is 4.96 Å². The molecule has 1 saturated heterocycles. The maximum atomic E-state index is 12.6. The second-order valence-electron chi connectivity index (χ2n) is 7.21. The molecule has 1 N–H and O–H groups in total. The van der Waals surface area contributed by atoms with Crippen molar-refractivity contribution in [2.45, 2.75) is 31.7 Å². The molecule has 2 amide bonds. The number of aromatic nitrogens is 2. The second-order valence-corrected chi connectivity index (χ2v) is 8.09. The van der Waals surface area contributed by atoms with Crippen LogP contribution in [-0.2, 0) is 22.4 Å². The number of fused-ring (bicyclic) bond motifs is 1. The van der Waals surface area contributed by atoms with Crippen LogP contribution in [0, 0.1) is 0 Å². The Kier molecular flexibility index (Phi) is 5.80. The van der Waals surface area contributed by atoms with Crippen LogP contribution in [-0.4, -0.2) is 52.3 Å². The fourth-order valence-corrected chi connectivity index (χ4v) is 4.42. The summed E-state index contributed by atoms with van der Waals surface area (Å²) < 4.78 is 7.26. The van der Waals surface area contributed by atoms with Gasteiger partial charge in [0, 0.05) is 42.5 Å². The third kappa shape index (κ3) is 4.59. The first-order valence-corrected chi connectivity index (χ1v) is 10.6. The number of thiazole rings is 1. The molecule has 0 radical (unpaired) electrons. The third-order valence-corrected chi connectivity index (χ3v) is 6.00. The van der Waals surface area contributed by atoms with Gasteiger partial charge in [-0.05, 0) is 18.9 Å². The van der Waals surface area contributed by atoms with E-state index in [4.69, 9.17) is 4.74 Å². The zero-order chi connectivity index (χ0) is 20.2. The first kappa shape index (κ1) is 19.4. The zero-order valence-corrected chi connectivity index (χ0v) is 17.2. The van der Waals surface area contributed by atoms with E-state index < -0.39 is 0 Å². The van der Waals surface area contributed by atoms with E-state index in [0.29, 0.717) is 19.5 Å². The van der Waals surface area contributed by atoms with Gasteiger partial charge in [0.2, 0.25) is 11.8 Å². The smallest absolute Gasteiger partial charge is 0.227 e. The molecule has 0 aliphatic carbocycles. The minimum atomic E-state index is -0.0189. The maximum Gasteiger partial charge on any atom is 0.227 e. The molecule has 0 spiro atoms. The van der Waals surface area contributed by atoms with E-state index in [2.05, 4.69) is 10.3 Å².